The number of anilines is 2. The Morgan fingerprint density at radius 2 is 1.19 bits per heavy atom. The fraction of sp³-hybridized carbons (Fsp3) is 0.455. The van der Waals surface area contributed by atoms with Crippen molar-refractivity contribution in [3.05, 3.63) is 32.0 Å². The fourth-order valence-corrected chi connectivity index (χ4v) is 6.40. The summed E-state index contributed by atoms with van der Waals surface area (Å²) in [5, 5.41) is 10.1. The van der Waals surface area contributed by atoms with Gasteiger partial charge in [0.2, 0.25) is 0 Å². The first kappa shape index (κ1) is 22.5. The molecule has 10 heteroatoms. The number of hydrogen-bond acceptors (Lipinski definition) is 10. The quantitative estimate of drug-likeness (QED) is 0.494. The van der Waals surface area contributed by atoms with Crippen LogP contribution in [0.1, 0.15) is 81.1 Å². The highest BCUT2D eigenvalue weighted by Gasteiger charge is 2.30. The van der Waals surface area contributed by atoms with Gasteiger partial charge in [0.05, 0.1) is 45.5 Å². The molecule has 170 valence electrons. The van der Waals surface area contributed by atoms with Crippen LogP contribution in [0.4, 0.5) is 10.0 Å². The minimum absolute atomic E-state index is 0.303. The average molecular weight is 475 g/mol. The monoisotopic (exact) mass is 474 g/mol. The molecule has 4 N–H and O–H groups in total. The van der Waals surface area contributed by atoms with Crippen LogP contribution in [0.2, 0.25) is 0 Å². The Hall–Kier alpha value is -2.72. The number of nitrogens with two attached hydrogens (primary N) is 2. The molecule has 0 fully saturated rings. The van der Waals surface area contributed by atoms with Gasteiger partial charge in [-0.05, 0) is 63.5 Å². The lowest BCUT2D eigenvalue weighted by Gasteiger charge is -2.16. The molecule has 2 heterocycles. The summed E-state index contributed by atoms with van der Waals surface area (Å²) in [6.07, 6.45) is 4.79. The molecule has 0 aromatic carbocycles. The number of fused-ring (bicyclic) bond motifs is 2. The Labute approximate surface area is 194 Å². The van der Waals surface area contributed by atoms with E-state index in [2.05, 4.69) is 10.2 Å². The number of carbonyl (C=O) groups is 2. The molecule has 0 radical (unpaired) electrons. The van der Waals surface area contributed by atoms with Crippen LogP contribution in [-0.2, 0) is 22.3 Å². The summed E-state index contributed by atoms with van der Waals surface area (Å²) in [4.78, 5) is 26.6. The van der Waals surface area contributed by atoms with Crippen LogP contribution < -0.4 is 11.5 Å². The van der Waals surface area contributed by atoms with E-state index >= 15 is 0 Å². The highest BCUT2D eigenvalue weighted by atomic mass is 32.1. The van der Waals surface area contributed by atoms with Gasteiger partial charge >= 0.3 is 11.9 Å². The maximum Gasteiger partial charge on any atom is 0.341 e. The van der Waals surface area contributed by atoms with Crippen LogP contribution in [-0.4, -0.2) is 36.6 Å². The molecule has 32 heavy (non-hydrogen) atoms. The molecule has 0 atom stereocenters. The van der Waals surface area contributed by atoms with Gasteiger partial charge < -0.3 is 20.9 Å². The zero-order valence-corrected chi connectivity index (χ0v) is 19.8. The molecule has 0 amide bonds. The van der Waals surface area contributed by atoms with Crippen LogP contribution in [0.25, 0.3) is 0 Å². The third-order valence-electron chi connectivity index (χ3n) is 5.52. The van der Waals surface area contributed by atoms with Gasteiger partial charge in [0.15, 0.2) is 0 Å². The number of hydrogen-bond donors (Lipinski definition) is 2. The largest absolute Gasteiger partial charge is 0.462 e. The molecule has 4 rings (SSSR count). The van der Waals surface area contributed by atoms with E-state index in [1.807, 2.05) is 0 Å². The smallest absolute Gasteiger partial charge is 0.341 e. The van der Waals surface area contributed by atoms with Crippen LogP contribution >= 0.6 is 22.7 Å². The lowest BCUT2D eigenvalue weighted by Crippen LogP contribution is -2.15. The van der Waals surface area contributed by atoms with Crippen molar-refractivity contribution in [2.24, 2.45) is 10.2 Å². The van der Waals surface area contributed by atoms with E-state index in [-0.39, 0.29) is 11.9 Å². The molecule has 2 aliphatic rings. The maximum atomic E-state index is 12.4. The number of esters is 2. The van der Waals surface area contributed by atoms with Gasteiger partial charge in [-0.1, -0.05) is 0 Å². The molecule has 0 unspecified atom stereocenters. The summed E-state index contributed by atoms with van der Waals surface area (Å²) in [6.45, 7) is 4.16. The van der Waals surface area contributed by atoms with Gasteiger partial charge in [0.1, 0.15) is 10.0 Å². The molecule has 2 aliphatic carbocycles. The zero-order valence-electron chi connectivity index (χ0n) is 18.2. The van der Waals surface area contributed by atoms with Crippen molar-refractivity contribution in [2.75, 3.05) is 24.7 Å². The molecule has 0 saturated carbocycles. The predicted molar refractivity (Wildman–Crippen MR) is 128 cm³/mol. The van der Waals surface area contributed by atoms with E-state index in [9.17, 15) is 9.59 Å². The lowest BCUT2D eigenvalue weighted by atomic mass is 9.94. The van der Waals surface area contributed by atoms with Crippen molar-refractivity contribution < 1.29 is 19.1 Å². The second-order valence-electron chi connectivity index (χ2n) is 7.54. The first-order valence-corrected chi connectivity index (χ1v) is 12.4. The van der Waals surface area contributed by atoms with Gasteiger partial charge in [-0.2, -0.15) is 10.2 Å². The number of rotatable bonds is 5. The molecule has 0 spiro atoms. The normalized spacial score (nSPS) is 17.8. The van der Waals surface area contributed by atoms with E-state index in [1.165, 1.54) is 22.7 Å². The van der Waals surface area contributed by atoms with Crippen molar-refractivity contribution in [1.29, 1.82) is 0 Å². The summed E-state index contributed by atoms with van der Waals surface area (Å²) >= 11 is 2.73. The van der Waals surface area contributed by atoms with Crippen LogP contribution in [0, 0.1) is 0 Å². The summed E-state index contributed by atoms with van der Waals surface area (Å²) < 4.78 is 10.4. The highest BCUT2D eigenvalue weighted by molar-refractivity contribution is 7.19. The van der Waals surface area contributed by atoms with Crippen molar-refractivity contribution in [2.45, 2.75) is 52.4 Å². The second kappa shape index (κ2) is 9.41. The van der Waals surface area contributed by atoms with E-state index < -0.39 is 0 Å². The Bertz CT molecular complexity index is 1040. The standard InChI is InChI=1S/C22H26N4O4S2/c1-3-29-21(27)15-11-7-5-9-13(17(11)31-19(15)23)25-26-14-10-6-8-12-16(22(28)30-4-2)20(24)32-18(12)14/h3-10,23-24H2,1-2H3/b25-13+,26-14+. The fourth-order valence-electron chi connectivity index (χ4n) is 4.17. The number of ether oxygens (including phenoxy) is 2. The molecule has 0 bridgehead atoms. The predicted octanol–water partition coefficient (Wildman–Crippen LogP) is 4.19. The average Bonchev–Trinajstić information content (AvgIpc) is 3.28. The summed E-state index contributed by atoms with van der Waals surface area (Å²) in [5.41, 5.74) is 16.7. The molecule has 0 aliphatic heterocycles. The summed E-state index contributed by atoms with van der Waals surface area (Å²) in [7, 11) is 0. The third kappa shape index (κ3) is 4.04. The minimum Gasteiger partial charge on any atom is -0.462 e. The maximum absolute atomic E-state index is 12.4. The Balaban J connectivity index is 1.69. The van der Waals surface area contributed by atoms with Gasteiger partial charge in [-0.3, -0.25) is 0 Å². The van der Waals surface area contributed by atoms with E-state index in [4.69, 9.17) is 20.9 Å². The molecule has 8 nitrogen and oxygen atoms in total. The minimum atomic E-state index is -0.382. The molecule has 2 aromatic rings. The summed E-state index contributed by atoms with van der Waals surface area (Å²) in [5.74, 6) is -0.764. The van der Waals surface area contributed by atoms with Crippen molar-refractivity contribution in [1.82, 2.24) is 0 Å². The molecule has 2 aromatic heterocycles. The zero-order chi connectivity index (χ0) is 22.8. The first-order valence-electron chi connectivity index (χ1n) is 10.8. The van der Waals surface area contributed by atoms with Gasteiger partial charge in [0, 0.05) is 0 Å². The number of nitrogens with zero attached hydrogens (tertiary/aromatic N) is 2. The van der Waals surface area contributed by atoms with Crippen LogP contribution in [0.15, 0.2) is 10.2 Å². The SMILES string of the molecule is CCOC(=O)c1c(N)sc2c1CCC/C2=N\N=C1/CCCc2c1sc(N)c2C(=O)OCC. The van der Waals surface area contributed by atoms with E-state index in [1.54, 1.807) is 13.8 Å². The number of carbonyl (C=O) groups excluding carboxylic acids is 2. The molecule has 0 saturated heterocycles. The Morgan fingerprint density at radius 3 is 1.56 bits per heavy atom. The highest BCUT2D eigenvalue weighted by Crippen LogP contribution is 2.39. The van der Waals surface area contributed by atoms with Crippen LogP contribution in [0.5, 0.6) is 0 Å². The van der Waals surface area contributed by atoms with Gasteiger partial charge in [-0.25, -0.2) is 9.59 Å². The number of thiophene rings is 2. The Morgan fingerprint density at radius 1 is 0.781 bits per heavy atom. The van der Waals surface area contributed by atoms with E-state index in [0.717, 1.165) is 70.8 Å². The Kier molecular flexibility index (Phi) is 6.61. The first-order chi connectivity index (χ1) is 15.5. The van der Waals surface area contributed by atoms with Crippen LogP contribution in [0.3, 0.4) is 0 Å². The second-order valence-corrected chi connectivity index (χ2v) is 9.64. The van der Waals surface area contributed by atoms with Gasteiger partial charge in [0.25, 0.3) is 0 Å². The third-order valence-corrected chi connectivity index (χ3v) is 7.74. The topological polar surface area (TPSA) is 129 Å². The molecular formula is C22H26N4O4S2. The summed E-state index contributed by atoms with van der Waals surface area (Å²) in [6, 6.07) is 0. The van der Waals surface area contributed by atoms with E-state index in [0.29, 0.717) is 34.3 Å². The lowest BCUT2D eigenvalue weighted by molar-refractivity contribution is 0.0517. The van der Waals surface area contributed by atoms with Crippen molar-refractivity contribution >= 4 is 56.0 Å². The van der Waals surface area contributed by atoms with Crippen molar-refractivity contribution in [3.8, 4) is 0 Å². The van der Waals surface area contributed by atoms with Crippen molar-refractivity contribution in [3.63, 3.8) is 0 Å². The molecular weight excluding hydrogens is 448 g/mol. The number of nitrogen functional groups attached to an aromatic ring is 2. The van der Waals surface area contributed by atoms with Gasteiger partial charge in [-0.15, -0.1) is 22.7 Å².